The number of nitrogens with one attached hydrogen (secondary N) is 1. The van der Waals surface area contributed by atoms with Crippen LogP contribution in [0.15, 0.2) is 24.3 Å². The van der Waals surface area contributed by atoms with Crippen LogP contribution in [0.1, 0.15) is 56.6 Å². The van der Waals surface area contributed by atoms with Crippen LogP contribution in [-0.4, -0.2) is 5.91 Å². The van der Waals surface area contributed by atoms with Gasteiger partial charge in [0.1, 0.15) is 0 Å². The van der Waals surface area contributed by atoms with E-state index in [1.165, 1.54) is 5.56 Å². The summed E-state index contributed by atoms with van der Waals surface area (Å²) in [5.74, 6) is 5.82. The molecule has 0 spiro atoms. The van der Waals surface area contributed by atoms with Crippen molar-refractivity contribution < 1.29 is 4.79 Å². The minimum absolute atomic E-state index is 0.0509. The van der Waals surface area contributed by atoms with Crippen LogP contribution in [0.3, 0.4) is 0 Å². The zero-order valence-electron chi connectivity index (χ0n) is 11.2. The minimum atomic E-state index is -0.372. The van der Waals surface area contributed by atoms with Gasteiger partial charge >= 0.3 is 0 Å². The monoisotopic (exact) mass is 246 g/mol. The van der Waals surface area contributed by atoms with Crippen molar-refractivity contribution in [3.63, 3.8) is 0 Å². The lowest BCUT2D eigenvalue weighted by molar-refractivity contribution is -0.130. The molecule has 1 aromatic carbocycles. The summed E-state index contributed by atoms with van der Waals surface area (Å²) >= 11 is 0. The lowest BCUT2D eigenvalue weighted by Crippen LogP contribution is -2.51. The van der Waals surface area contributed by atoms with E-state index >= 15 is 0 Å². The van der Waals surface area contributed by atoms with E-state index < -0.39 is 0 Å². The van der Waals surface area contributed by atoms with Crippen molar-refractivity contribution in [2.45, 2.75) is 50.9 Å². The molecule has 1 aliphatic rings. The zero-order chi connectivity index (χ0) is 13.2. The first kappa shape index (κ1) is 13.1. The summed E-state index contributed by atoms with van der Waals surface area (Å²) < 4.78 is 0. The second-order valence-electron chi connectivity index (χ2n) is 5.34. The Morgan fingerprint density at radius 2 is 2.00 bits per heavy atom. The van der Waals surface area contributed by atoms with Gasteiger partial charge in [0.15, 0.2) is 0 Å². The maximum absolute atomic E-state index is 12.0. The molecular formula is C15H22N2O. The highest BCUT2D eigenvalue weighted by atomic mass is 16.2. The van der Waals surface area contributed by atoms with Crippen molar-refractivity contribution in [2.75, 3.05) is 0 Å². The Balaban J connectivity index is 2.25. The Labute approximate surface area is 109 Å². The van der Waals surface area contributed by atoms with Crippen LogP contribution in [0.5, 0.6) is 0 Å². The summed E-state index contributed by atoms with van der Waals surface area (Å²) in [4.78, 5) is 12.0. The van der Waals surface area contributed by atoms with Crippen LogP contribution in [0, 0.1) is 0 Å². The molecule has 0 radical (unpaired) electrons. The molecule has 3 heteroatoms. The molecule has 1 aliphatic carbocycles. The van der Waals surface area contributed by atoms with Gasteiger partial charge in [-0.3, -0.25) is 10.2 Å². The van der Waals surface area contributed by atoms with Crippen LogP contribution < -0.4 is 11.3 Å². The average Bonchev–Trinajstić information content (AvgIpc) is 2.37. The first-order valence-electron chi connectivity index (χ1n) is 6.75. The van der Waals surface area contributed by atoms with E-state index in [1.807, 2.05) is 0 Å². The molecule has 1 unspecified atom stereocenters. The van der Waals surface area contributed by atoms with E-state index in [1.54, 1.807) is 0 Å². The lowest BCUT2D eigenvalue weighted by atomic mass is 9.64. The quantitative estimate of drug-likeness (QED) is 0.487. The highest BCUT2D eigenvalue weighted by Gasteiger charge is 2.45. The van der Waals surface area contributed by atoms with Crippen molar-refractivity contribution in [3.8, 4) is 0 Å². The summed E-state index contributed by atoms with van der Waals surface area (Å²) in [5.41, 5.74) is 4.38. The molecule has 18 heavy (non-hydrogen) atoms. The Hall–Kier alpha value is -1.35. The van der Waals surface area contributed by atoms with E-state index in [2.05, 4.69) is 43.5 Å². The third kappa shape index (κ3) is 2.03. The molecule has 3 nitrogen and oxygen atoms in total. The lowest BCUT2D eigenvalue weighted by Gasteiger charge is -2.40. The number of rotatable bonds is 4. The molecule has 3 N–H and O–H groups in total. The van der Waals surface area contributed by atoms with Gasteiger partial charge < -0.3 is 0 Å². The second-order valence-corrected chi connectivity index (χ2v) is 5.34. The summed E-state index contributed by atoms with van der Waals surface area (Å²) in [6, 6.07) is 8.48. The highest BCUT2D eigenvalue weighted by molar-refractivity contribution is 5.88. The van der Waals surface area contributed by atoms with Crippen molar-refractivity contribution >= 4 is 5.91 Å². The number of hydrazine groups is 1. The predicted octanol–water partition coefficient (Wildman–Crippen LogP) is 2.61. The number of hydrogen-bond donors (Lipinski definition) is 2. The Morgan fingerprint density at radius 1 is 1.39 bits per heavy atom. The van der Waals surface area contributed by atoms with Gasteiger partial charge in [0.05, 0.1) is 5.41 Å². The molecule has 0 aromatic heterocycles. The van der Waals surface area contributed by atoms with E-state index in [-0.39, 0.29) is 11.3 Å². The SMILES string of the molecule is CCC(C)c1ccc(C2(C(=O)NN)CCC2)cc1. The summed E-state index contributed by atoms with van der Waals surface area (Å²) in [6.45, 7) is 4.41. The molecule has 98 valence electrons. The Bertz CT molecular complexity index is 421. The fourth-order valence-electron chi connectivity index (χ4n) is 2.68. The van der Waals surface area contributed by atoms with E-state index in [0.717, 1.165) is 31.2 Å². The third-order valence-electron chi connectivity index (χ3n) is 4.42. The van der Waals surface area contributed by atoms with Gasteiger partial charge in [0.2, 0.25) is 5.91 Å². The molecule has 1 amide bonds. The highest BCUT2D eigenvalue weighted by Crippen LogP contribution is 2.44. The van der Waals surface area contributed by atoms with Crippen LogP contribution >= 0.6 is 0 Å². The Kier molecular flexibility index (Phi) is 3.71. The Morgan fingerprint density at radius 3 is 2.39 bits per heavy atom. The smallest absolute Gasteiger partial charge is 0.244 e. The van der Waals surface area contributed by atoms with Crippen LogP contribution in [0.4, 0.5) is 0 Å². The third-order valence-corrected chi connectivity index (χ3v) is 4.42. The first-order valence-corrected chi connectivity index (χ1v) is 6.75. The van der Waals surface area contributed by atoms with Crippen LogP contribution in [0.25, 0.3) is 0 Å². The van der Waals surface area contributed by atoms with E-state index in [9.17, 15) is 4.79 Å². The molecule has 0 bridgehead atoms. The van der Waals surface area contributed by atoms with Gasteiger partial charge in [0, 0.05) is 0 Å². The molecule has 1 atom stereocenters. The number of carbonyl (C=O) groups is 1. The fourth-order valence-corrected chi connectivity index (χ4v) is 2.68. The number of carbonyl (C=O) groups excluding carboxylic acids is 1. The minimum Gasteiger partial charge on any atom is -0.293 e. The number of amides is 1. The standard InChI is InChI=1S/C15H22N2O/c1-3-11(2)12-5-7-13(8-6-12)15(9-4-10-15)14(18)17-16/h5-8,11H,3-4,9-10,16H2,1-2H3,(H,17,18). The van der Waals surface area contributed by atoms with E-state index in [4.69, 9.17) is 5.84 Å². The number of hydrogen-bond acceptors (Lipinski definition) is 2. The number of nitrogens with two attached hydrogens (primary N) is 1. The summed E-state index contributed by atoms with van der Waals surface area (Å²) in [7, 11) is 0. The molecule has 1 saturated carbocycles. The van der Waals surface area contributed by atoms with Crippen molar-refractivity contribution in [3.05, 3.63) is 35.4 Å². The van der Waals surface area contributed by atoms with Gasteiger partial charge in [-0.2, -0.15) is 0 Å². The predicted molar refractivity (Wildman–Crippen MR) is 73.0 cm³/mol. The van der Waals surface area contributed by atoms with Gasteiger partial charge in [0.25, 0.3) is 0 Å². The maximum Gasteiger partial charge on any atom is 0.244 e. The molecule has 2 rings (SSSR count). The van der Waals surface area contributed by atoms with Crippen LogP contribution in [-0.2, 0) is 10.2 Å². The van der Waals surface area contributed by atoms with Crippen molar-refractivity contribution in [1.29, 1.82) is 0 Å². The number of benzene rings is 1. The zero-order valence-corrected chi connectivity index (χ0v) is 11.2. The van der Waals surface area contributed by atoms with Crippen LogP contribution in [0.2, 0.25) is 0 Å². The normalized spacial score (nSPS) is 18.8. The van der Waals surface area contributed by atoms with E-state index in [0.29, 0.717) is 5.92 Å². The van der Waals surface area contributed by atoms with Crippen molar-refractivity contribution in [1.82, 2.24) is 5.43 Å². The molecule has 0 saturated heterocycles. The summed E-state index contributed by atoms with van der Waals surface area (Å²) in [5, 5.41) is 0. The topological polar surface area (TPSA) is 55.1 Å². The molecule has 1 fully saturated rings. The molecule has 0 heterocycles. The average molecular weight is 246 g/mol. The molecular weight excluding hydrogens is 224 g/mol. The van der Waals surface area contributed by atoms with Gasteiger partial charge in [-0.05, 0) is 36.3 Å². The molecule has 0 aliphatic heterocycles. The largest absolute Gasteiger partial charge is 0.293 e. The molecule has 1 aromatic rings. The van der Waals surface area contributed by atoms with Gasteiger partial charge in [-0.15, -0.1) is 0 Å². The fraction of sp³-hybridized carbons (Fsp3) is 0.533. The van der Waals surface area contributed by atoms with Crippen molar-refractivity contribution in [2.24, 2.45) is 5.84 Å². The first-order chi connectivity index (χ1) is 8.64. The second kappa shape index (κ2) is 5.11. The maximum atomic E-state index is 12.0. The van der Waals surface area contributed by atoms with Gasteiger partial charge in [-0.1, -0.05) is 44.5 Å². The summed E-state index contributed by atoms with van der Waals surface area (Å²) in [6.07, 6.45) is 4.03. The van der Waals surface area contributed by atoms with Gasteiger partial charge in [-0.25, -0.2) is 5.84 Å².